The highest BCUT2D eigenvalue weighted by molar-refractivity contribution is 9.10. The predicted octanol–water partition coefficient (Wildman–Crippen LogP) is 2.60. The molecule has 1 aromatic rings. The van der Waals surface area contributed by atoms with E-state index < -0.39 is 0 Å². The normalized spacial score (nSPS) is 19.5. The van der Waals surface area contributed by atoms with Crippen molar-refractivity contribution in [1.29, 1.82) is 5.41 Å². The minimum absolute atomic E-state index is 0.122. The SMILES string of the molecule is COCC1CCCN(c2cc(Br)ccc2C(=N)N)C1. The fourth-order valence-electron chi connectivity index (χ4n) is 2.65. The molecule has 1 fully saturated rings. The number of nitrogens with two attached hydrogens (primary N) is 1. The molecule has 2 rings (SSSR count). The zero-order valence-corrected chi connectivity index (χ0v) is 12.7. The first-order chi connectivity index (χ1) is 9.11. The van der Waals surface area contributed by atoms with Gasteiger partial charge in [-0.1, -0.05) is 15.9 Å². The maximum Gasteiger partial charge on any atom is 0.124 e. The number of benzene rings is 1. The van der Waals surface area contributed by atoms with Crippen molar-refractivity contribution in [2.45, 2.75) is 12.8 Å². The van der Waals surface area contributed by atoms with E-state index in [1.54, 1.807) is 7.11 Å². The Balaban J connectivity index is 2.24. The van der Waals surface area contributed by atoms with Crippen LogP contribution in [0.25, 0.3) is 0 Å². The van der Waals surface area contributed by atoms with Gasteiger partial charge in [0.2, 0.25) is 0 Å². The number of amidine groups is 1. The van der Waals surface area contributed by atoms with E-state index in [4.69, 9.17) is 15.9 Å². The summed E-state index contributed by atoms with van der Waals surface area (Å²) in [7, 11) is 1.75. The first-order valence-corrected chi connectivity index (χ1v) is 7.29. The van der Waals surface area contributed by atoms with Crippen molar-refractivity contribution in [3.8, 4) is 0 Å². The Kier molecular flexibility index (Phi) is 4.82. The fraction of sp³-hybridized carbons (Fsp3) is 0.500. The zero-order chi connectivity index (χ0) is 13.8. The van der Waals surface area contributed by atoms with Crippen molar-refractivity contribution in [2.24, 2.45) is 11.7 Å². The van der Waals surface area contributed by atoms with E-state index in [2.05, 4.69) is 20.8 Å². The third-order valence-corrected chi connectivity index (χ3v) is 4.01. The van der Waals surface area contributed by atoms with Crippen LogP contribution in [0.4, 0.5) is 5.69 Å². The van der Waals surface area contributed by atoms with Crippen LogP contribution in [0.2, 0.25) is 0 Å². The summed E-state index contributed by atoms with van der Waals surface area (Å²) in [6.45, 7) is 2.77. The highest BCUT2D eigenvalue weighted by atomic mass is 79.9. The Morgan fingerprint density at radius 1 is 1.58 bits per heavy atom. The van der Waals surface area contributed by atoms with Gasteiger partial charge in [-0.25, -0.2) is 0 Å². The summed E-state index contributed by atoms with van der Waals surface area (Å²) in [5, 5.41) is 7.71. The number of anilines is 1. The lowest BCUT2D eigenvalue weighted by molar-refractivity contribution is 0.143. The van der Waals surface area contributed by atoms with Gasteiger partial charge in [0.15, 0.2) is 0 Å². The topological polar surface area (TPSA) is 62.3 Å². The molecule has 0 aromatic heterocycles. The van der Waals surface area contributed by atoms with Crippen molar-refractivity contribution in [3.63, 3.8) is 0 Å². The van der Waals surface area contributed by atoms with E-state index in [9.17, 15) is 0 Å². The quantitative estimate of drug-likeness (QED) is 0.660. The van der Waals surface area contributed by atoms with Gasteiger partial charge in [-0.05, 0) is 37.0 Å². The van der Waals surface area contributed by atoms with E-state index >= 15 is 0 Å². The number of hydrogen-bond acceptors (Lipinski definition) is 3. The molecule has 19 heavy (non-hydrogen) atoms. The Bertz CT molecular complexity index is 462. The summed E-state index contributed by atoms with van der Waals surface area (Å²) in [6.07, 6.45) is 2.35. The Morgan fingerprint density at radius 3 is 3.05 bits per heavy atom. The number of methoxy groups -OCH3 is 1. The number of hydrogen-bond donors (Lipinski definition) is 2. The summed E-state index contributed by atoms with van der Waals surface area (Å²) >= 11 is 3.50. The average molecular weight is 326 g/mol. The zero-order valence-electron chi connectivity index (χ0n) is 11.2. The molecule has 4 nitrogen and oxygen atoms in total. The highest BCUT2D eigenvalue weighted by Gasteiger charge is 2.22. The lowest BCUT2D eigenvalue weighted by Crippen LogP contribution is -2.38. The molecule has 0 aliphatic carbocycles. The van der Waals surface area contributed by atoms with E-state index in [0.29, 0.717) is 5.92 Å². The molecule has 3 N–H and O–H groups in total. The minimum atomic E-state index is 0.122. The molecule has 0 saturated carbocycles. The molecular formula is C14H20BrN3O. The van der Waals surface area contributed by atoms with Crippen LogP contribution in [0.3, 0.4) is 0 Å². The summed E-state index contributed by atoms with van der Waals surface area (Å²) < 4.78 is 6.28. The first kappa shape index (κ1) is 14.3. The third kappa shape index (κ3) is 3.48. The minimum Gasteiger partial charge on any atom is -0.384 e. The van der Waals surface area contributed by atoms with Crippen LogP contribution in [-0.2, 0) is 4.74 Å². The molecule has 1 aliphatic heterocycles. The van der Waals surface area contributed by atoms with Gasteiger partial charge in [-0.15, -0.1) is 0 Å². The molecule has 0 amide bonds. The second kappa shape index (κ2) is 6.39. The van der Waals surface area contributed by atoms with Crippen molar-refractivity contribution in [1.82, 2.24) is 0 Å². The van der Waals surface area contributed by atoms with E-state index in [0.717, 1.165) is 41.8 Å². The molecule has 1 aliphatic rings. The third-order valence-electron chi connectivity index (χ3n) is 3.51. The molecule has 1 heterocycles. The molecule has 104 valence electrons. The van der Waals surface area contributed by atoms with Crippen LogP contribution in [-0.4, -0.2) is 32.6 Å². The van der Waals surface area contributed by atoms with Crippen LogP contribution in [0.1, 0.15) is 18.4 Å². The van der Waals surface area contributed by atoms with Gasteiger partial charge in [-0.3, -0.25) is 5.41 Å². The maximum atomic E-state index is 7.71. The number of ether oxygens (including phenoxy) is 1. The van der Waals surface area contributed by atoms with Gasteiger partial charge in [0, 0.05) is 35.9 Å². The molecule has 1 unspecified atom stereocenters. The molecule has 1 saturated heterocycles. The van der Waals surface area contributed by atoms with E-state index in [-0.39, 0.29) is 5.84 Å². The monoisotopic (exact) mass is 325 g/mol. The fourth-order valence-corrected chi connectivity index (χ4v) is 3.00. The molecule has 1 atom stereocenters. The maximum absolute atomic E-state index is 7.71. The number of piperidine rings is 1. The first-order valence-electron chi connectivity index (χ1n) is 6.49. The molecule has 5 heteroatoms. The number of rotatable bonds is 4. The predicted molar refractivity (Wildman–Crippen MR) is 82.0 cm³/mol. The summed E-state index contributed by atoms with van der Waals surface area (Å²) in [5.41, 5.74) is 7.53. The van der Waals surface area contributed by atoms with Gasteiger partial charge in [0.25, 0.3) is 0 Å². The van der Waals surface area contributed by atoms with Gasteiger partial charge >= 0.3 is 0 Å². The highest BCUT2D eigenvalue weighted by Crippen LogP contribution is 2.29. The van der Waals surface area contributed by atoms with Crippen LogP contribution in [0.15, 0.2) is 22.7 Å². The summed E-state index contributed by atoms with van der Waals surface area (Å²) in [4.78, 5) is 2.31. The smallest absolute Gasteiger partial charge is 0.124 e. The van der Waals surface area contributed by atoms with Crippen LogP contribution in [0.5, 0.6) is 0 Å². The van der Waals surface area contributed by atoms with Crippen molar-refractivity contribution in [2.75, 3.05) is 31.7 Å². The molecule has 0 spiro atoms. The largest absolute Gasteiger partial charge is 0.384 e. The van der Waals surface area contributed by atoms with Crippen LogP contribution < -0.4 is 10.6 Å². The lowest BCUT2D eigenvalue weighted by atomic mass is 9.97. The lowest BCUT2D eigenvalue weighted by Gasteiger charge is -2.35. The van der Waals surface area contributed by atoms with Crippen molar-refractivity contribution < 1.29 is 4.74 Å². The Hall–Kier alpha value is -1.07. The van der Waals surface area contributed by atoms with Crippen LogP contribution in [0, 0.1) is 11.3 Å². The van der Waals surface area contributed by atoms with Crippen LogP contribution >= 0.6 is 15.9 Å². The molecule has 0 radical (unpaired) electrons. The van der Waals surface area contributed by atoms with Gasteiger partial charge in [-0.2, -0.15) is 0 Å². The van der Waals surface area contributed by atoms with E-state index in [1.807, 2.05) is 18.2 Å². The Labute approximate surface area is 122 Å². The van der Waals surface area contributed by atoms with Gasteiger partial charge in [0.1, 0.15) is 5.84 Å². The molecule has 1 aromatic carbocycles. The second-order valence-corrected chi connectivity index (χ2v) is 5.90. The Morgan fingerprint density at radius 2 is 2.37 bits per heavy atom. The number of nitrogens with one attached hydrogen (secondary N) is 1. The number of nitrogen functional groups attached to an aromatic ring is 1. The molecule has 0 bridgehead atoms. The summed E-state index contributed by atoms with van der Waals surface area (Å²) in [6, 6.07) is 5.88. The van der Waals surface area contributed by atoms with E-state index in [1.165, 1.54) is 6.42 Å². The van der Waals surface area contributed by atoms with Crippen molar-refractivity contribution >= 4 is 27.5 Å². The van der Waals surface area contributed by atoms with Gasteiger partial charge < -0.3 is 15.4 Å². The van der Waals surface area contributed by atoms with Gasteiger partial charge in [0.05, 0.1) is 6.61 Å². The second-order valence-electron chi connectivity index (χ2n) is 4.98. The standard InChI is InChI=1S/C14H20BrN3O/c1-19-9-10-3-2-6-18(8-10)13-7-11(15)4-5-12(13)14(16)17/h4-5,7,10H,2-3,6,8-9H2,1H3,(H3,16,17). The van der Waals surface area contributed by atoms with Crippen molar-refractivity contribution in [3.05, 3.63) is 28.2 Å². The summed E-state index contributed by atoms with van der Waals surface area (Å²) in [5.74, 6) is 0.675. The number of halogens is 1. The number of nitrogens with zero attached hydrogens (tertiary/aromatic N) is 1. The molecular weight excluding hydrogens is 306 g/mol. The average Bonchev–Trinajstić information content (AvgIpc) is 2.39.